The van der Waals surface area contributed by atoms with Gasteiger partial charge in [-0.25, -0.2) is 0 Å². The average molecular weight is 371 g/mol. The predicted molar refractivity (Wildman–Crippen MR) is 87.0 cm³/mol. The molecule has 3 nitrogen and oxygen atoms in total. The van der Waals surface area contributed by atoms with Crippen LogP contribution in [0.3, 0.4) is 0 Å². The molecule has 5 heteroatoms. The van der Waals surface area contributed by atoms with E-state index in [0.717, 1.165) is 55.4 Å². The van der Waals surface area contributed by atoms with Crippen molar-refractivity contribution < 1.29 is 14.6 Å². The second-order valence-corrected chi connectivity index (χ2v) is 8.07. The molecule has 3 rings (SSSR count). The van der Waals surface area contributed by atoms with E-state index in [0.29, 0.717) is 5.25 Å². The van der Waals surface area contributed by atoms with Crippen LogP contribution in [0, 0.1) is 0 Å². The first-order valence-corrected chi connectivity index (χ1v) is 9.07. The maximum atomic E-state index is 11.9. The van der Waals surface area contributed by atoms with Crippen LogP contribution in [-0.4, -0.2) is 29.5 Å². The SMILES string of the molecule is O=C(O)C1(c2ccc(SC3COC3)c(Br)c2)CCCCC1. The van der Waals surface area contributed by atoms with Crippen LogP contribution in [0.15, 0.2) is 27.6 Å². The maximum absolute atomic E-state index is 11.9. The lowest BCUT2D eigenvalue weighted by Crippen LogP contribution is -2.37. The molecule has 2 fully saturated rings. The molecule has 1 saturated heterocycles. The van der Waals surface area contributed by atoms with Gasteiger partial charge >= 0.3 is 5.97 Å². The van der Waals surface area contributed by atoms with Gasteiger partial charge in [0.05, 0.1) is 23.9 Å². The minimum absolute atomic E-state index is 0.523. The molecular weight excluding hydrogens is 352 g/mol. The normalized spacial score (nSPS) is 21.8. The summed E-state index contributed by atoms with van der Waals surface area (Å²) in [6.07, 6.45) is 4.64. The van der Waals surface area contributed by atoms with Crippen molar-refractivity contribution in [1.29, 1.82) is 0 Å². The van der Waals surface area contributed by atoms with Crippen molar-refractivity contribution in [2.75, 3.05) is 13.2 Å². The second-order valence-electron chi connectivity index (χ2n) is 5.87. The summed E-state index contributed by atoms with van der Waals surface area (Å²) >= 11 is 5.41. The van der Waals surface area contributed by atoms with Crippen LogP contribution in [0.5, 0.6) is 0 Å². The van der Waals surface area contributed by atoms with Gasteiger partial charge in [-0.2, -0.15) is 0 Å². The number of hydrogen-bond acceptors (Lipinski definition) is 3. The minimum Gasteiger partial charge on any atom is -0.481 e. The number of thioether (sulfide) groups is 1. The first-order valence-electron chi connectivity index (χ1n) is 7.40. The Morgan fingerprint density at radius 2 is 2.00 bits per heavy atom. The fourth-order valence-corrected chi connectivity index (χ4v) is 4.80. The van der Waals surface area contributed by atoms with Gasteiger partial charge in [0.25, 0.3) is 0 Å². The van der Waals surface area contributed by atoms with Gasteiger partial charge in [-0.05, 0) is 46.5 Å². The molecule has 1 saturated carbocycles. The lowest BCUT2D eigenvalue weighted by molar-refractivity contribution is -0.145. The molecular formula is C16H19BrO3S. The predicted octanol–water partition coefficient (Wildman–Crippen LogP) is 4.23. The number of halogens is 1. The fourth-order valence-electron chi connectivity index (χ4n) is 3.14. The van der Waals surface area contributed by atoms with Crippen LogP contribution < -0.4 is 0 Å². The maximum Gasteiger partial charge on any atom is 0.314 e. The molecule has 2 aliphatic rings. The van der Waals surface area contributed by atoms with Crippen molar-refractivity contribution in [1.82, 2.24) is 0 Å². The number of carboxylic acids is 1. The molecule has 0 radical (unpaired) electrons. The molecule has 0 amide bonds. The highest BCUT2D eigenvalue weighted by Crippen LogP contribution is 2.42. The van der Waals surface area contributed by atoms with Crippen LogP contribution in [0.2, 0.25) is 0 Å². The van der Waals surface area contributed by atoms with Gasteiger partial charge in [-0.3, -0.25) is 4.79 Å². The summed E-state index contributed by atoms with van der Waals surface area (Å²) in [6.45, 7) is 1.61. The van der Waals surface area contributed by atoms with E-state index < -0.39 is 11.4 Å². The molecule has 0 bridgehead atoms. The van der Waals surface area contributed by atoms with E-state index in [9.17, 15) is 9.90 Å². The van der Waals surface area contributed by atoms with Crippen LogP contribution in [0.25, 0.3) is 0 Å². The third-order valence-corrected chi connectivity index (χ3v) is 6.64. The van der Waals surface area contributed by atoms with Crippen molar-refractivity contribution >= 4 is 33.7 Å². The Morgan fingerprint density at radius 3 is 2.52 bits per heavy atom. The standard InChI is InChI=1S/C16H19BrO3S/c17-13-8-11(4-5-14(13)21-12-9-20-10-12)16(15(18)19)6-2-1-3-7-16/h4-5,8,12H,1-3,6-7,9-10H2,(H,18,19). The third kappa shape index (κ3) is 3.01. The van der Waals surface area contributed by atoms with Gasteiger partial charge in [-0.15, -0.1) is 11.8 Å². The van der Waals surface area contributed by atoms with E-state index >= 15 is 0 Å². The summed E-state index contributed by atoms with van der Waals surface area (Å²) in [6, 6.07) is 6.08. The Labute approximate surface area is 137 Å². The van der Waals surface area contributed by atoms with E-state index in [2.05, 4.69) is 22.0 Å². The Morgan fingerprint density at radius 1 is 1.29 bits per heavy atom. The molecule has 1 aromatic rings. The second kappa shape index (κ2) is 6.31. The summed E-state index contributed by atoms with van der Waals surface area (Å²) < 4.78 is 6.20. The lowest BCUT2D eigenvalue weighted by Gasteiger charge is -2.34. The number of ether oxygens (including phenoxy) is 1. The first kappa shape index (κ1) is 15.4. The summed E-state index contributed by atoms with van der Waals surface area (Å²) in [5, 5.41) is 10.3. The summed E-state index contributed by atoms with van der Waals surface area (Å²) in [7, 11) is 0. The third-order valence-electron chi connectivity index (χ3n) is 4.50. The fraction of sp³-hybridized carbons (Fsp3) is 0.562. The van der Waals surface area contributed by atoms with Gasteiger partial charge in [-0.1, -0.05) is 25.3 Å². The number of benzene rings is 1. The largest absolute Gasteiger partial charge is 0.481 e. The van der Waals surface area contributed by atoms with E-state index in [4.69, 9.17) is 4.74 Å². The topological polar surface area (TPSA) is 46.5 Å². The highest BCUT2D eigenvalue weighted by molar-refractivity contribution is 9.10. The monoisotopic (exact) mass is 370 g/mol. The Balaban J connectivity index is 1.86. The molecule has 1 aliphatic carbocycles. The zero-order valence-corrected chi connectivity index (χ0v) is 14.2. The van der Waals surface area contributed by atoms with Crippen molar-refractivity contribution in [3.8, 4) is 0 Å². The van der Waals surface area contributed by atoms with Crippen molar-refractivity contribution in [2.24, 2.45) is 0 Å². The van der Waals surface area contributed by atoms with Crippen LogP contribution in [0.1, 0.15) is 37.7 Å². The Kier molecular flexibility index (Phi) is 4.62. The van der Waals surface area contributed by atoms with Crippen molar-refractivity contribution in [3.05, 3.63) is 28.2 Å². The highest BCUT2D eigenvalue weighted by Gasteiger charge is 2.41. The molecule has 114 valence electrons. The van der Waals surface area contributed by atoms with Crippen LogP contribution in [0.4, 0.5) is 0 Å². The molecule has 21 heavy (non-hydrogen) atoms. The molecule has 0 aromatic heterocycles. The number of hydrogen-bond donors (Lipinski definition) is 1. The first-order chi connectivity index (χ1) is 10.1. The lowest BCUT2D eigenvalue weighted by atomic mass is 9.69. The van der Waals surface area contributed by atoms with Crippen molar-refractivity contribution in [3.63, 3.8) is 0 Å². The zero-order chi connectivity index (χ0) is 14.9. The highest BCUT2D eigenvalue weighted by atomic mass is 79.9. The van der Waals surface area contributed by atoms with Crippen LogP contribution in [-0.2, 0) is 14.9 Å². The molecule has 0 atom stereocenters. The van der Waals surface area contributed by atoms with Gasteiger partial charge in [0.2, 0.25) is 0 Å². The smallest absolute Gasteiger partial charge is 0.314 e. The number of aliphatic carboxylic acids is 1. The molecule has 1 aromatic carbocycles. The molecule has 0 spiro atoms. The van der Waals surface area contributed by atoms with Gasteiger partial charge in [0.15, 0.2) is 0 Å². The van der Waals surface area contributed by atoms with Gasteiger partial charge in [0.1, 0.15) is 0 Å². The van der Waals surface area contributed by atoms with Gasteiger partial charge < -0.3 is 9.84 Å². The van der Waals surface area contributed by atoms with E-state index in [1.165, 1.54) is 4.90 Å². The van der Waals surface area contributed by atoms with Crippen molar-refractivity contribution in [2.45, 2.75) is 47.7 Å². The number of carboxylic acid groups (broad SMARTS) is 1. The molecule has 1 N–H and O–H groups in total. The quantitative estimate of drug-likeness (QED) is 0.861. The number of carbonyl (C=O) groups is 1. The van der Waals surface area contributed by atoms with E-state index in [1.807, 2.05) is 12.1 Å². The Bertz CT molecular complexity index is 536. The average Bonchev–Trinajstić information content (AvgIpc) is 2.44. The zero-order valence-electron chi connectivity index (χ0n) is 11.8. The minimum atomic E-state index is -0.691. The summed E-state index contributed by atoms with van der Waals surface area (Å²) in [5.74, 6) is -0.679. The van der Waals surface area contributed by atoms with Crippen LogP contribution >= 0.6 is 27.7 Å². The Hall–Kier alpha value is -0.520. The van der Waals surface area contributed by atoms with E-state index in [-0.39, 0.29) is 0 Å². The molecule has 0 unspecified atom stereocenters. The van der Waals surface area contributed by atoms with E-state index in [1.54, 1.807) is 11.8 Å². The summed E-state index contributed by atoms with van der Waals surface area (Å²) in [4.78, 5) is 13.0. The molecule has 1 aliphatic heterocycles. The number of rotatable bonds is 4. The van der Waals surface area contributed by atoms with Gasteiger partial charge in [0, 0.05) is 9.37 Å². The molecule has 1 heterocycles. The summed E-state index contributed by atoms with van der Waals surface area (Å²) in [5.41, 5.74) is 0.250.